The lowest BCUT2D eigenvalue weighted by atomic mass is 9.85. The van der Waals surface area contributed by atoms with Crippen molar-refractivity contribution >= 4 is 0 Å². The van der Waals surface area contributed by atoms with Crippen LogP contribution in [-0.2, 0) is 35.0 Å². The highest BCUT2D eigenvalue weighted by atomic mass is 16.9. The molecule has 0 saturated carbocycles. The highest BCUT2D eigenvalue weighted by Crippen LogP contribution is 2.49. The molecule has 0 amide bonds. The second-order valence-electron chi connectivity index (χ2n) is 8.95. The zero-order valence-electron chi connectivity index (χ0n) is 18.2. The molecule has 164 valence electrons. The first-order valence-corrected chi connectivity index (χ1v) is 10.5. The molecule has 0 aliphatic carbocycles. The van der Waals surface area contributed by atoms with E-state index in [1.165, 1.54) is 0 Å². The van der Waals surface area contributed by atoms with E-state index in [-0.39, 0.29) is 6.10 Å². The number of hydrogen-bond donors (Lipinski definition) is 0. The first-order chi connectivity index (χ1) is 14.2. The molecule has 3 fully saturated rings. The minimum Gasteiger partial charge on any atom is -0.364 e. The predicted octanol–water partition coefficient (Wildman–Crippen LogP) is 4.10. The minimum atomic E-state index is -0.803. The van der Waals surface area contributed by atoms with Crippen LogP contribution in [0.1, 0.15) is 39.7 Å². The van der Waals surface area contributed by atoms with Gasteiger partial charge in [-0.1, -0.05) is 55.1 Å². The summed E-state index contributed by atoms with van der Waals surface area (Å²) in [6.45, 7) is 12.2. The maximum Gasteiger partial charge on any atom is 0.190 e. The van der Waals surface area contributed by atoms with Crippen LogP contribution >= 0.6 is 0 Å². The smallest absolute Gasteiger partial charge is 0.190 e. The molecule has 0 radical (unpaired) electrons. The van der Waals surface area contributed by atoms with Crippen molar-refractivity contribution in [1.82, 2.24) is 0 Å². The van der Waals surface area contributed by atoms with Gasteiger partial charge in [0.2, 0.25) is 0 Å². The first-order valence-electron chi connectivity index (χ1n) is 10.5. The average Bonchev–Trinajstić information content (AvgIpc) is 3.30. The van der Waals surface area contributed by atoms with Gasteiger partial charge in [0.25, 0.3) is 0 Å². The lowest BCUT2D eigenvalue weighted by Gasteiger charge is -2.39. The van der Waals surface area contributed by atoms with Crippen LogP contribution in [0.25, 0.3) is 0 Å². The van der Waals surface area contributed by atoms with E-state index in [0.717, 1.165) is 5.56 Å². The van der Waals surface area contributed by atoms with Gasteiger partial charge in [-0.2, -0.15) is 0 Å². The Bertz CT molecular complexity index is 773. The molecule has 0 bridgehead atoms. The number of fused-ring (bicyclic) bond motifs is 1. The minimum absolute atomic E-state index is 0.297. The Morgan fingerprint density at radius 3 is 2.47 bits per heavy atom. The monoisotopic (exact) mass is 416 g/mol. The van der Waals surface area contributed by atoms with Crippen LogP contribution < -0.4 is 0 Å². The second-order valence-corrected chi connectivity index (χ2v) is 8.95. The molecule has 0 spiro atoms. The molecule has 3 saturated heterocycles. The third-order valence-electron chi connectivity index (χ3n) is 5.73. The summed E-state index contributed by atoms with van der Waals surface area (Å²) in [4.78, 5) is 0. The zero-order valence-corrected chi connectivity index (χ0v) is 18.2. The van der Waals surface area contributed by atoms with Crippen molar-refractivity contribution in [2.24, 2.45) is 0 Å². The Morgan fingerprint density at radius 1 is 1.03 bits per heavy atom. The number of hydrogen-bond acceptors (Lipinski definition) is 6. The average molecular weight is 417 g/mol. The second kappa shape index (κ2) is 8.19. The van der Waals surface area contributed by atoms with Crippen molar-refractivity contribution in [3.05, 3.63) is 60.7 Å². The normalized spacial score (nSPS) is 36.9. The van der Waals surface area contributed by atoms with Crippen LogP contribution in [0, 0.1) is 0 Å². The van der Waals surface area contributed by atoms with Crippen LogP contribution in [0.15, 0.2) is 55.1 Å². The number of ether oxygens (including phenoxy) is 6. The summed E-state index contributed by atoms with van der Waals surface area (Å²) in [6.07, 6.45) is 4.62. The molecule has 3 aliphatic heterocycles. The van der Waals surface area contributed by atoms with Crippen LogP contribution in [0.2, 0.25) is 0 Å². The summed E-state index contributed by atoms with van der Waals surface area (Å²) < 4.78 is 37.5. The summed E-state index contributed by atoms with van der Waals surface area (Å²) in [6, 6.07) is 10.1. The predicted molar refractivity (Wildman–Crippen MR) is 112 cm³/mol. The van der Waals surface area contributed by atoms with Gasteiger partial charge in [-0.05, 0) is 33.3 Å². The van der Waals surface area contributed by atoms with Crippen molar-refractivity contribution in [3.8, 4) is 0 Å². The largest absolute Gasteiger partial charge is 0.364 e. The first kappa shape index (κ1) is 21.7. The Hall–Kier alpha value is -1.54. The SMILES string of the molecule is C=C/C=C/C[C@@]1(OCc2ccccc2)[C@@H]([C@H]2COC(C)(C)O2)O[C@@H]2OC(C)(C)O[C@@H]21. The summed E-state index contributed by atoms with van der Waals surface area (Å²) >= 11 is 0. The van der Waals surface area contributed by atoms with Gasteiger partial charge >= 0.3 is 0 Å². The molecule has 0 N–H and O–H groups in total. The highest BCUT2D eigenvalue weighted by Gasteiger charge is 2.66. The quantitative estimate of drug-likeness (QED) is 0.624. The standard InChI is InChI=1S/C24H32O6/c1-6-7-11-14-24(26-15-17-12-9-8-10-13-17)19(18-16-25-22(2,3)28-18)27-21-20(24)29-23(4,5)30-21/h6-13,18-21H,1,14-16H2,2-5H3/b11-7+/t18-,19-,20+,21-,24-/m1/s1. The maximum atomic E-state index is 6.67. The fourth-order valence-corrected chi connectivity index (χ4v) is 4.44. The summed E-state index contributed by atoms with van der Waals surface area (Å²) in [5.41, 5.74) is 0.274. The Labute approximate surface area is 178 Å². The van der Waals surface area contributed by atoms with Gasteiger partial charge in [-0.25, -0.2) is 0 Å². The summed E-state index contributed by atoms with van der Waals surface area (Å²) in [5.74, 6) is -1.43. The molecule has 1 aromatic carbocycles. The van der Waals surface area contributed by atoms with E-state index in [4.69, 9.17) is 28.4 Å². The molecular formula is C24H32O6. The Morgan fingerprint density at radius 2 is 1.80 bits per heavy atom. The van der Waals surface area contributed by atoms with Gasteiger partial charge in [0.1, 0.15) is 23.9 Å². The lowest BCUT2D eigenvalue weighted by molar-refractivity contribution is -0.257. The molecule has 6 heteroatoms. The topological polar surface area (TPSA) is 55.4 Å². The zero-order chi connectivity index (χ0) is 21.4. The van der Waals surface area contributed by atoms with E-state index < -0.39 is 35.7 Å². The molecule has 3 aliphatic rings. The summed E-state index contributed by atoms with van der Waals surface area (Å²) in [5, 5.41) is 0. The fraction of sp³-hybridized carbons (Fsp3) is 0.583. The van der Waals surface area contributed by atoms with Gasteiger partial charge < -0.3 is 28.4 Å². The molecule has 5 atom stereocenters. The van der Waals surface area contributed by atoms with Crippen molar-refractivity contribution in [2.75, 3.05) is 6.61 Å². The molecule has 30 heavy (non-hydrogen) atoms. The Balaban J connectivity index is 1.67. The summed E-state index contributed by atoms with van der Waals surface area (Å²) in [7, 11) is 0. The van der Waals surface area contributed by atoms with Crippen LogP contribution in [0.5, 0.6) is 0 Å². The van der Waals surface area contributed by atoms with Crippen LogP contribution in [0.3, 0.4) is 0 Å². The lowest BCUT2D eigenvalue weighted by Crippen LogP contribution is -2.55. The van der Waals surface area contributed by atoms with E-state index >= 15 is 0 Å². The van der Waals surface area contributed by atoms with Gasteiger partial charge in [-0.15, -0.1) is 0 Å². The third kappa shape index (κ3) is 4.26. The third-order valence-corrected chi connectivity index (χ3v) is 5.73. The van der Waals surface area contributed by atoms with Gasteiger partial charge in [0, 0.05) is 6.42 Å². The molecule has 1 aromatic rings. The number of allylic oxidation sites excluding steroid dienone is 2. The van der Waals surface area contributed by atoms with Gasteiger partial charge in [-0.3, -0.25) is 0 Å². The molecular weight excluding hydrogens is 384 g/mol. The van der Waals surface area contributed by atoms with Gasteiger partial charge in [0.15, 0.2) is 17.9 Å². The van der Waals surface area contributed by atoms with Crippen LogP contribution in [0.4, 0.5) is 0 Å². The Kier molecular flexibility index (Phi) is 5.92. The molecule has 3 heterocycles. The molecule has 0 unspecified atom stereocenters. The van der Waals surface area contributed by atoms with E-state index in [9.17, 15) is 0 Å². The number of benzene rings is 1. The molecule has 0 aromatic heterocycles. The van der Waals surface area contributed by atoms with E-state index in [1.54, 1.807) is 6.08 Å². The van der Waals surface area contributed by atoms with Crippen molar-refractivity contribution in [2.45, 2.75) is 82.5 Å². The van der Waals surface area contributed by atoms with Crippen molar-refractivity contribution in [1.29, 1.82) is 0 Å². The van der Waals surface area contributed by atoms with Crippen molar-refractivity contribution < 1.29 is 28.4 Å². The van der Waals surface area contributed by atoms with E-state index in [0.29, 0.717) is 19.6 Å². The maximum absolute atomic E-state index is 6.67. The fourth-order valence-electron chi connectivity index (χ4n) is 4.44. The van der Waals surface area contributed by atoms with E-state index in [1.807, 2.05) is 70.2 Å². The highest BCUT2D eigenvalue weighted by molar-refractivity contribution is 5.17. The van der Waals surface area contributed by atoms with E-state index in [2.05, 4.69) is 6.58 Å². The van der Waals surface area contributed by atoms with Gasteiger partial charge in [0.05, 0.1) is 13.2 Å². The number of rotatable bonds is 7. The molecule has 6 nitrogen and oxygen atoms in total. The molecule has 4 rings (SSSR count). The van der Waals surface area contributed by atoms with Crippen molar-refractivity contribution in [3.63, 3.8) is 0 Å². The van der Waals surface area contributed by atoms with Crippen LogP contribution in [-0.4, -0.2) is 48.4 Å².